The molecule has 1 N–H and O–H groups in total. The van der Waals surface area contributed by atoms with Crippen LogP contribution in [0.3, 0.4) is 0 Å². The molecule has 2 rings (SSSR count). The van der Waals surface area contributed by atoms with E-state index in [-0.39, 0.29) is 16.6 Å². The van der Waals surface area contributed by atoms with Crippen LogP contribution in [0.5, 0.6) is 0 Å². The Hall–Kier alpha value is -1.87. The largest absolute Gasteiger partial charge is 0.345 e. The van der Waals surface area contributed by atoms with E-state index in [1.54, 1.807) is 0 Å². The van der Waals surface area contributed by atoms with Crippen LogP contribution < -0.4 is 5.32 Å². The maximum Gasteiger partial charge on any atom is 0.256 e. The van der Waals surface area contributed by atoms with E-state index in [2.05, 4.69) is 5.32 Å². The van der Waals surface area contributed by atoms with Gasteiger partial charge in [-0.15, -0.1) is 0 Å². The van der Waals surface area contributed by atoms with Crippen LogP contribution in [0.4, 0.5) is 4.39 Å². The number of carbonyl (C=O) groups excluding carboxylic acids is 1. The maximum atomic E-state index is 13.7. The molecule has 2 aromatic rings. The van der Waals surface area contributed by atoms with Gasteiger partial charge >= 0.3 is 0 Å². The number of benzene rings is 2. The number of aryl methyl sites for hydroxylation is 1. The molecule has 1 atom stereocenters. The van der Waals surface area contributed by atoms with Crippen LogP contribution in [-0.4, -0.2) is 5.91 Å². The lowest BCUT2D eigenvalue weighted by molar-refractivity contribution is 0.0936. The lowest BCUT2D eigenvalue weighted by atomic mass is 10.1. The highest BCUT2D eigenvalue weighted by molar-refractivity contribution is 6.33. The van der Waals surface area contributed by atoms with Crippen molar-refractivity contribution in [2.45, 2.75) is 19.9 Å². The summed E-state index contributed by atoms with van der Waals surface area (Å²) in [7, 11) is 0. The molecule has 2 aromatic carbocycles. The first-order valence-electron chi connectivity index (χ1n) is 6.30. The molecule has 0 saturated carbocycles. The summed E-state index contributed by atoms with van der Waals surface area (Å²) in [5.74, 6) is -1.13. The molecule has 4 heteroatoms. The first kappa shape index (κ1) is 14.5. The number of nitrogens with one attached hydrogen (secondary N) is 1. The Morgan fingerprint density at radius 2 is 1.85 bits per heavy atom. The van der Waals surface area contributed by atoms with E-state index < -0.39 is 11.7 Å². The van der Waals surface area contributed by atoms with Crippen molar-refractivity contribution in [3.8, 4) is 0 Å². The second-order valence-electron chi connectivity index (χ2n) is 4.70. The SMILES string of the molecule is Cc1ccc([C@H](C)NC(=O)c2c(F)cccc2Cl)cc1. The number of hydrogen-bond acceptors (Lipinski definition) is 1. The summed E-state index contributed by atoms with van der Waals surface area (Å²) >= 11 is 5.87. The fourth-order valence-electron chi connectivity index (χ4n) is 1.92. The molecule has 104 valence electrons. The standard InChI is InChI=1S/C16H15ClFNO/c1-10-6-8-12(9-7-10)11(2)19-16(20)15-13(17)4-3-5-14(15)18/h3-9,11H,1-2H3,(H,19,20)/t11-/m0/s1. The van der Waals surface area contributed by atoms with Crippen molar-refractivity contribution in [2.75, 3.05) is 0 Å². The highest BCUT2D eigenvalue weighted by Gasteiger charge is 2.18. The summed E-state index contributed by atoms with van der Waals surface area (Å²) in [4.78, 5) is 12.1. The van der Waals surface area contributed by atoms with Crippen molar-refractivity contribution < 1.29 is 9.18 Å². The molecular formula is C16H15ClFNO. The van der Waals surface area contributed by atoms with Crippen LogP contribution in [0.2, 0.25) is 5.02 Å². The number of hydrogen-bond donors (Lipinski definition) is 1. The Morgan fingerprint density at radius 1 is 1.20 bits per heavy atom. The van der Waals surface area contributed by atoms with Crippen LogP contribution in [0, 0.1) is 12.7 Å². The average Bonchev–Trinajstić information content (AvgIpc) is 2.39. The molecule has 0 radical (unpaired) electrons. The Kier molecular flexibility index (Phi) is 4.40. The minimum atomic E-state index is -0.619. The summed E-state index contributed by atoms with van der Waals surface area (Å²) in [5, 5.41) is 2.86. The van der Waals surface area contributed by atoms with Gasteiger partial charge in [0.15, 0.2) is 0 Å². The van der Waals surface area contributed by atoms with E-state index in [0.29, 0.717) is 0 Å². The summed E-state index contributed by atoms with van der Waals surface area (Å²) in [6, 6.07) is 11.8. The molecular weight excluding hydrogens is 277 g/mol. The zero-order valence-electron chi connectivity index (χ0n) is 11.3. The molecule has 0 unspecified atom stereocenters. The maximum absolute atomic E-state index is 13.7. The molecule has 0 heterocycles. The van der Waals surface area contributed by atoms with Crippen molar-refractivity contribution in [2.24, 2.45) is 0 Å². The molecule has 0 spiro atoms. The molecule has 0 aliphatic carbocycles. The molecule has 0 aromatic heterocycles. The summed E-state index contributed by atoms with van der Waals surface area (Å²) < 4.78 is 13.7. The van der Waals surface area contributed by atoms with E-state index in [0.717, 1.165) is 11.1 Å². The molecule has 2 nitrogen and oxygen atoms in total. The molecule has 0 aliphatic rings. The smallest absolute Gasteiger partial charge is 0.256 e. The fourth-order valence-corrected chi connectivity index (χ4v) is 2.17. The van der Waals surface area contributed by atoms with E-state index in [1.165, 1.54) is 18.2 Å². The van der Waals surface area contributed by atoms with Gasteiger partial charge in [0.25, 0.3) is 5.91 Å². The quantitative estimate of drug-likeness (QED) is 0.898. The van der Waals surface area contributed by atoms with Gasteiger partial charge in [-0.2, -0.15) is 0 Å². The fraction of sp³-hybridized carbons (Fsp3) is 0.188. The molecule has 0 bridgehead atoms. The monoisotopic (exact) mass is 291 g/mol. The second-order valence-corrected chi connectivity index (χ2v) is 5.11. The van der Waals surface area contributed by atoms with E-state index in [1.807, 2.05) is 38.1 Å². The molecule has 0 fully saturated rings. The van der Waals surface area contributed by atoms with Crippen LogP contribution in [0.15, 0.2) is 42.5 Å². The normalized spacial score (nSPS) is 12.0. The van der Waals surface area contributed by atoms with Gasteiger partial charge in [0, 0.05) is 0 Å². The van der Waals surface area contributed by atoms with E-state index in [4.69, 9.17) is 11.6 Å². The molecule has 1 amide bonds. The highest BCUT2D eigenvalue weighted by Crippen LogP contribution is 2.20. The zero-order chi connectivity index (χ0) is 14.7. The minimum absolute atomic E-state index is 0.110. The van der Waals surface area contributed by atoms with E-state index in [9.17, 15) is 9.18 Å². The third-order valence-electron chi connectivity index (χ3n) is 3.11. The molecule has 20 heavy (non-hydrogen) atoms. The van der Waals surface area contributed by atoms with Gasteiger partial charge in [0.2, 0.25) is 0 Å². The van der Waals surface area contributed by atoms with Crippen LogP contribution >= 0.6 is 11.6 Å². The van der Waals surface area contributed by atoms with Gasteiger partial charge in [-0.25, -0.2) is 4.39 Å². The summed E-state index contributed by atoms with van der Waals surface area (Å²) in [6.07, 6.45) is 0. The predicted molar refractivity (Wildman–Crippen MR) is 78.5 cm³/mol. The van der Waals surface area contributed by atoms with Crippen LogP contribution in [0.25, 0.3) is 0 Å². The Morgan fingerprint density at radius 3 is 2.45 bits per heavy atom. The number of rotatable bonds is 3. The third kappa shape index (κ3) is 3.17. The minimum Gasteiger partial charge on any atom is -0.345 e. The number of carbonyl (C=O) groups is 1. The van der Waals surface area contributed by atoms with Crippen LogP contribution in [0.1, 0.15) is 34.5 Å². The Balaban J connectivity index is 2.17. The van der Waals surface area contributed by atoms with Gasteiger partial charge in [0.05, 0.1) is 16.6 Å². The average molecular weight is 292 g/mol. The second kappa shape index (κ2) is 6.06. The Labute approximate surface area is 122 Å². The summed E-state index contributed by atoms with van der Waals surface area (Å²) in [5.41, 5.74) is 1.98. The topological polar surface area (TPSA) is 29.1 Å². The lowest BCUT2D eigenvalue weighted by Gasteiger charge is -2.15. The van der Waals surface area contributed by atoms with Crippen molar-refractivity contribution in [3.63, 3.8) is 0 Å². The zero-order valence-corrected chi connectivity index (χ0v) is 12.0. The highest BCUT2D eigenvalue weighted by atomic mass is 35.5. The Bertz CT molecular complexity index is 605. The van der Waals surface area contributed by atoms with Gasteiger partial charge in [0.1, 0.15) is 5.82 Å². The predicted octanol–water partition coefficient (Wildman–Crippen LogP) is 4.28. The van der Waals surface area contributed by atoms with Gasteiger partial charge in [-0.05, 0) is 31.5 Å². The summed E-state index contributed by atoms with van der Waals surface area (Å²) in [6.45, 7) is 3.84. The van der Waals surface area contributed by atoms with E-state index >= 15 is 0 Å². The lowest BCUT2D eigenvalue weighted by Crippen LogP contribution is -2.27. The third-order valence-corrected chi connectivity index (χ3v) is 3.43. The van der Waals surface area contributed by atoms with Crippen molar-refractivity contribution in [1.29, 1.82) is 0 Å². The number of amides is 1. The van der Waals surface area contributed by atoms with Gasteiger partial charge in [-0.1, -0.05) is 47.5 Å². The first-order valence-corrected chi connectivity index (χ1v) is 6.68. The van der Waals surface area contributed by atoms with Gasteiger partial charge < -0.3 is 5.32 Å². The first-order chi connectivity index (χ1) is 9.49. The number of halogens is 2. The molecule has 0 aliphatic heterocycles. The van der Waals surface area contributed by atoms with Crippen molar-refractivity contribution in [3.05, 3.63) is 70.0 Å². The van der Waals surface area contributed by atoms with Gasteiger partial charge in [-0.3, -0.25) is 4.79 Å². The van der Waals surface area contributed by atoms with Crippen molar-refractivity contribution >= 4 is 17.5 Å². The van der Waals surface area contributed by atoms with Crippen LogP contribution in [-0.2, 0) is 0 Å². The van der Waals surface area contributed by atoms with Crippen molar-refractivity contribution in [1.82, 2.24) is 5.32 Å². The molecule has 0 saturated heterocycles.